The van der Waals surface area contributed by atoms with Gasteiger partial charge in [0.05, 0.1) is 6.61 Å². The summed E-state index contributed by atoms with van der Waals surface area (Å²) >= 11 is 0. The summed E-state index contributed by atoms with van der Waals surface area (Å²) in [4.78, 5) is 21.2. The van der Waals surface area contributed by atoms with E-state index in [-0.39, 0.29) is 5.91 Å². The molecule has 2 aromatic rings. The fourth-order valence-corrected chi connectivity index (χ4v) is 3.02. The van der Waals surface area contributed by atoms with Crippen LogP contribution in [0, 0.1) is 5.92 Å². The zero-order valence-electron chi connectivity index (χ0n) is 15.6. The van der Waals surface area contributed by atoms with Crippen molar-refractivity contribution in [2.75, 3.05) is 32.8 Å². The maximum atomic E-state index is 12.8. The third-order valence-corrected chi connectivity index (χ3v) is 4.48. The molecule has 0 N–H and O–H groups in total. The largest absolute Gasteiger partial charge is 0.493 e. The molecule has 5 heteroatoms. The molecule has 1 saturated heterocycles. The number of carbonyl (C=O) groups is 1. The first kappa shape index (κ1) is 18.4. The maximum Gasteiger partial charge on any atom is 0.254 e. The molecule has 138 valence electrons. The van der Waals surface area contributed by atoms with Gasteiger partial charge in [-0.2, -0.15) is 0 Å². The SMILES string of the molecule is CC(C)COc1cccc(C(=O)N2CCN(Cc3ccncc3)CC2)c1. The number of hydrogen-bond acceptors (Lipinski definition) is 4. The summed E-state index contributed by atoms with van der Waals surface area (Å²) in [6.45, 7) is 9.06. The summed E-state index contributed by atoms with van der Waals surface area (Å²) in [5, 5.41) is 0. The second-order valence-corrected chi connectivity index (χ2v) is 7.16. The lowest BCUT2D eigenvalue weighted by Crippen LogP contribution is -2.48. The first-order chi connectivity index (χ1) is 12.6. The highest BCUT2D eigenvalue weighted by molar-refractivity contribution is 5.94. The smallest absolute Gasteiger partial charge is 0.254 e. The monoisotopic (exact) mass is 353 g/mol. The molecule has 1 aromatic carbocycles. The summed E-state index contributed by atoms with van der Waals surface area (Å²) < 4.78 is 5.74. The van der Waals surface area contributed by atoms with Gasteiger partial charge in [-0.25, -0.2) is 0 Å². The molecule has 0 spiro atoms. The van der Waals surface area contributed by atoms with Crippen LogP contribution in [0.25, 0.3) is 0 Å². The van der Waals surface area contributed by atoms with Gasteiger partial charge in [0.15, 0.2) is 0 Å². The van der Waals surface area contributed by atoms with E-state index >= 15 is 0 Å². The number of carbonyl (C=O) groups excluding carboxylic acids is 1. The van der Waals surface area contributed by atoms with E-state index in [9.17, 15) is 4.79 Å². The van der Waals surface area contributed by atoms with Crippen molar-refractivity contribution in [2.45, 2.75) is 20.4 Å². The Balaban J connectivity index is 1.54. The third-order valence-electron chi connectivity index (χ3n) is 4.48. The predicted octanol–water partition coefficient (Wildman–Crippen LogP) is 3.07. The number of hydrogen-bond donors (Lipinski definition) is 0. The van der Waals surface area contributed by atoms with Crippen LogP contribution in [0.1, 0.15) is 29.8 Å². The van der Waals surface area contributed by atoms with Crippen molar-refractivity contribution < 1.29 is 9.53 Å². The summed E-state index contributed by atoms with van der Waals surface area (Å²) in [5.41, 5.74) is 1.96. The van der Waals surface area contributed by atoms with Gasteiger partial charge in [0, 0.05) is 50.7 Å². The van der Waals surface area contributed by atoms with Crippen molar-refractivity contribution in [3.63, 3.8) is 0 Å². The number of aromatic nitrogens is 1. The second-order valence-electron chi connectivity index (χ2n) is 7.16. The molecule has 2 heterocycles. The minimum absolute atomic E-state index is 0.0866. The number of benzene rings is 1. The molecular formula is C21H27N3O2. The van der Waals surface area contributed by atoms with Crippen molar-refractivity contribution in [1.29, 1.82) is 0 Å². The molecule has 0 aliphatic carbocycles. The summed E-state index contributed by atoms with van der Waals surface area (Å²) in [7, 11) is 0. The first-order valence-electron chi connectivity index (χ1n) is 9.25. The standard InChI is InChI=1S/C21H27N3O2/c1-17(2)16-26-20-5-3-4-19(14-20)21(25)24-12-10-23(11-13-24)15-18-6-8-22-9-7-18/h3-9,14,17H,10-13,15-16H2,1-2H3. The molecule has 26 heavy (non-hydrogen) atoms. The molecule has 0 saturated carbocycles. The Bertz CT molecular complexity index is 710. The van der Waals surface area contributed by atoms with Gasteiger partial charge < -0.3 is 9.64 Å². The average Bonchev–Trinajstić information content (AvgIpc) is 2.67. The molecule has 0 radical (unpaired) electrons. The lowest BCUT2D eigenvalue weighted by molar-refractivity contribution is 0.0628. The zero-order valence-corrected chi connectivity index (χ0v) is 15.6. The summed E-state index contributed by atoms with van der Waals surface area (Å²) in [5.74, 6) is 1.31. The van der Waals surface area contributed by atoms with E-state index in [0.717, 1.165) is 38.5 Å². The molecule has 1 aliphatic heterocycles. The number of pyridine rings is 1. The van der Waals surface area contributed by atoms with Crippen LogP contribution in [0.15, 0.2) is 48.8 Å². The highest BCUT2D eigenvalue weighted by Gasteiger charge is 2.22. The minimum Gasteiger partial charge on any atom is -0.493 e. The van der Waals surface area contributed by atoms with Crippen molar-refractivity contribution in [1.82, 2.24) is 14.8 Å². The van der Waals surface area contributed by atoms with Gasteiger partial charge in [-0.1, -0.05) is 19.9 Å². The number of amides is 1. The number of ether oxygens (including phenoxy) is 1. The van der Waals surface area contributed by atoms with Crippen LogP contribution in [0.5, 0.6) is 5.75 Å². The Morgan fingerprint density at radius 2 is 1.85 bits per heavy atom. The topological polar surface area (TPSA) is 45.7 Å². The van der Waals surface area contributed by atoms with Gasteiger partial charge in [0.2, 0.25) is 0 Å². The molecule has 3 rings (SSSR count). The van der Waals surface area contributed by atoms with Crippen molar-refractivity contribution in [3.05, 3.63) is 59.9 Å². The highest BCUT2D eigenvalue weighted by Crippen LogP contribution is 2.17. The van der Waals surface area contributed by atoms with E-state index in [4.69, 9.17) is 4.74 Å². The van der Waals surface area contributed by atoms with E-state index in [1.165, 1.54) is 5.56 Å². The van der Waals surface area contributed by atoms with Crippen molar-refractivity contribution in [3.8, 4) is 5.75 Å². The Hall–Kier alpha value is -2.40. The minimum atomic E-state index is 0.0866. The first-order valence-corrected chi connectivity index (χ1v) is 9.25. The van der Waals surface area contributed by atoms with Crippen LogP contribution in [0.4, 0.5) is 0 Å². The zero-order chi connectivity index (χ0) is 18.4. The molecule has 1 fully saturated rings. The van der Waals surface area contributed by atoms with E-state index in [2.05, 4.69) is 23.7 Å². The summed E-state index contributed by atoms with van der Waals surface area (Å²) in [6.07, 6.45) is 3.65. The Morgan fingerprint density at radius 1 is 1.12 bits per heavy atom. The Labute approximate surface area is 155 Å². The number of rotatable bonds is 6. The Kier molecular flexibility index (Phi) is 6.23. The van der Waals surface area contributed by atoms with E-state index in [1.54, 1.807) is 0 Å². The molecule has 1 aliphatic rings. The van der Waals surface area contributed by atoms with E-state index < -0.39 is 0 Å². The molecule has 1 aromatic heterocycles. The molecule has 0 bridgehead atoms. The lowest BCUT2D eigenvalue weighted by atomic mass is 10.1. The fraction of sp³-hybridized carbons (Fsp3) is 0.429. The average molecular weight is 353 g/mol. The van der Waals surface area contributed by atoms with Crippen LogP contribution in [-0.4, -0.2) is 53.5 Å². The maximum absolute atomic E-state index is 12.8. The van der Waals surface area contributed by atoms with Gasteiger partial charge in [0.1, 0.15) is 5.75 Å². The number of nitrogens with zero attached hydrogens (tertiary/aromatic N) is 3. The molecular weight excluding hydrogens is 326 g/mol. The van der Waals surface area contributed by atoms with Crippen LogP contribution >= 0.6 is 0 Å². The van der Waals surface area contributed by atoms with Gasteiger partial charge in [-0.05, 0) is 41.8 Å². The number of piperazine rings is 1. The summed E-state index contributed by atoms with van der Waals surface area (Å²) in [6, 6.07) is 11.6. The predicted molar refractivity (Wildman–Crippen MR) is 102 cm³/mol. The second kappa shape index (κ2) is 8.81. The van der Waals surface area contributed by atoms with Gasteiger partial charge in [-0.3, -0.25) is 14.7 Å². The van der Waals surface area contributed by atoms with Gasteiger partial charge in [0.25, 0.3) is 5.91 Å². The molecule has 5 nitrogen and oxygen atoms in total. The molecule has 0 unspecified atom stereocenters. The van der Waals surface area contributed by atoms with Crippen molar-refractivity contribution in [2.24, 2.45) is 5.92 Å². The quantitative estimate of drug-likeness (QED) is 0.801. The van der Waals surface area contributed by atoms with Crippen LogP contribution in [-0.2, 0) is 6.54 Å². The normalized spacial score (nSPS) is 15.3. The van der Waals surface area contributed by atoms with Crippen LogP contribution in [0.2, 0.25) is 0 Å². The highest BCUT2D eigenvalue weighted by atomic mass is 16.5. The third kappa shape index (κ3) is 5.05. The van der Waals surface area contributed by atoms with Gasteiger partial charge in [-0.15, -0.1) is 0 Å². The molecule has 1 amide bonds. The van der Waals surface area contributed by atoms with E-state index in [0.29, 0.717) is 18.1 Å². The Morgan fingerprint density at radius 3 is 2.54 bits per heavy atom. The molecule has 0 atom stereocenters. The van der Waals surface area contributed by atoms with Crippen LogP contribution in [0.3, 0.4) is 0 Å². The van der Waals surface area contributed by atoms with Crippen LogP contribution < -0.4 is 4.74 Å². The van der Waals surface area contributed by atoms with Crippen molar-refractivity contribution >= 4 is 5.91 Å². The lowest BCUT2D eigenvalue weighted by Gasteiger charge is -2.34. The fourth-order valence-electron chi connectivity index (χ4n) is 3.02. The van der Waals surface area contributed by atoms with Gasteiger partial charge >= 0.3 is 0 Å². The van der Waals surface area contributed by atoms with E-state index in [1.807, 2.05) is 53.7 Å².